The van der Waals surface area contributed by atoms with Gasteiger partial charge in [-0.05, 0) is 61.0 Å². The van der Waals surface area contributed by atoms with Crippen molar-refractivity contribution in [3.63, 3.8) is 0 Å². The van der Waals surface area contributed by atoms with Crippen molar-refractivity contribution in [3.05, 3.63) is 101 Å². The van der Waals surface area contributed by atoms with Crippen molar-refractivity contribution in [2.45, 2.75) is 17.7 Å². The first-order valence-corrected chi connectivity index (χ1v) is 9.26. The summed E-state index contributed by atoms with van der Waals surface area (Å²) in [4.78, 5) is 14.1. The zero-order valence-corrected chi connectivity index (χ0v) is 15.1. The summed E-state index contributed by atoms with van der Waals surface area (Å²) in [6.45, 7) is 2.02. The van der Waals surface area contributed by atoms with E-state index in [0.717, 1.165) is 10.5 Å². The number of thioether (sulfide) groups is 1. The Morgan fingerprint density at radius 1 is 0.846 bits per heavy atom. The van der Waals surface area contributed by atoms with E-state index in [1.165, 1.54) is 42.0 Å². The number of carbonyl (C=O) groups is 1. The number of hydrogen-bond acceptors (Lipinski definition) is 2. The van der Waals surface area contributed by atoms with Gasteiger partial charge in [0, 0.05) is 16.2 Å². The van der Waals surface area contributed by atoms with E-state index in [9.17, 15) is 13.6 Å². The number of Topliss-reactive ketones (excluding diaryl/α,β-unsaturated/α-hetero) is 1. The molecule has 26 heavy (non-hydrogen) atoms. The summed E-state index contributed by atoms with van der Waals surface area (Å²) in [5.74, 6) is -0.740. The fraction of sp³-hybridized carbons (Fsp3) is 0.136. The molecule has 3 aromatic carbocycles. The van der Waals surface area contributed by atoms with Crippen molar-refractivity contribution in [2.24, 2.45) is 0 Å². The first-order valence-electron chi connectivity index (χ1n) is 8.27. The van der Waals surface area contributed by atoms with Gasteiger partial charge in [0.2, 0.25) is 0 Å². The molecule has 4 heteroatoms. The Labute approximate surface area is 156 Å². The standard InChI is InChI=1S/C22H18F2OS/c1-15-2-12-20(13-3-15)26-14-21(16-4-8-18(23)9-5-16)22(25)17-6-10-19(24)11-7-17/h2-13,21H,14H2,1H3. The first kappa shape index (κ1) is 18.3. The monoisotopic (exact) mass is 368 g/mol. The lowest BCUT2D eigenvalue weighted by Crippen LogP contribution is -2.15. The van der Waals surface area contributed by atoms with E-state index >= 15 is 0 Å². The molecule has 0 radical (unpaired) electrons. The smallest absolute Gasteiger partial charge is 0.171 e. The van der Waals surface area contributed by atoms with Crippen molar-refractivity contribution < 1.29 is 13.6 Å². The Morgan fingerprint density at radius 2 is 1.38 bits per heavy atom. The van der Waals surface area contributed by atoms with Crippen LogP contribution in [-0.2, 0) is 0 Å². The summed E-state index contributed by atoms with van der Waals surface area (Å²) in [5, 5.41) is 0. The average molecular weight is 368 g/mol. The molecular weight excluding hydrogens is 350 g/mol. The first-order chi connectivity index (χ1) is 12.5. The summed E-state index contributed by atoms with van der Waals surface area (Å²) >= 11 is 1.57. The largest absolute Gasteiger partial charge is 0.293 e. The molecule has 0 aromatic heterocycles. The molecule has 132 valence electrons. The number of halogens is 2. The summed E-state index contributed by atoms with van der Waals surface area (Å²) in [7, 11) is 0. The van der Waals surface area contributed by atoms with E-state index < -0.39 is 5.92 Å². The number of ketones is 1. The highest BCUT2D eigenvalue weighted by molar-refractivity contribution is 7.99. The Balaban J connectivity index is 1.85. The second-order valence-corrected chi connectivity index (χ2v) is 7.19. The molecule has 1 unspecified atom stereocenters. The molecule has 3 aromatic rings. The molecule has 0 saturated carbocycles. The van der Waals surface area contributed by atoms with Crippen LogP contribution in [0.5, 0.6) is 0 Å². The van der Waals surface area contributed by atoms with Gasteiger partial charge in [0.25, 0.3) is 0 Å². The highest BCUT2D eigenvalue weighted by atomic mass is 32.2. The van der Waals surface area contributed by atoms with Crippen molar-refractivity contribution in [1.82, 2.24) is 0 Å². The molecule has 1 atom stereocenters. The van der Waals surface area contributed by atoms with Crippen LogP contribution in [0, 0.1) is 18.6 Å². The maximum atomic E-state index is 13.3. The molecule has 0 saturated heterocycles. The van der Waals surface area contributed by atoms with Crippen molar-refractivity contribution in [2.75, 3.05) is 5.75 Å². The molecular formula is C22H18F2OS. The van der Waals surface area contributed by atoms with Crippen LogP contribution in [0.25, 0.3) is 0 Å². The number of rotatable bonds is 6. The zero-order chi connectivity index (χ0) is 18.5. The summed E-state index contributed by atoms with van der Waals surface area (Å²) in [6, 6.07) is 19.6. The van der Waals surface area contributed by atoms with Gasteiger partial charge in [-0.1, -0.05) is 29.8 Å². The third-order valence-electron chi connectivity index (χ3n) is 4.16. The lowest BCUT2D eigenvalue weighted by Gasteiger charge is -2.16. The van der Waals surface area contributed by atoms with Crippen molar-refractivity contribution in [3.8, 4) is 0 Å². The fourth-order valence-corrected chi connectivity index (χ4v) is 3.68. The van der Waals surface area contributed by atoms with Crippen LogP contribution in [0.4, 0.5) is 8.78 Å². The predicted molar refractivity (Wildman–Crippen MR) is 102 cm³/mol. The normalized spacial score (nSPS) is 12.0. The zero-order valence-electron chi connectivity index (χ0n) is 14.3. The van der Waals surface area contributed by atoms with Crippen LogP contribution >= 0.6 is 11.8 Å². The summed E-state index contributed by atoms with van der Waals surface area (Å²) in [6.07, 6.45) is 0. The van der Waals surface area contributed by atoms with Crippen LogP contribution < -0.4 is 0 Å². The minimum Gasteiger partial charge on any atom is -0.293 e. The second-order valence-electron chi connectivity index (χ2n) is 6.10. The molecule has 0 N–H and O–H groups in total. The van der Waals surface area contributed by atoms with Gasteiger partial charge in [-0.3, -0.25) is 4.79 Å². The highest BCUT2D eigenvalue weighted by Gasteiger charge is 2.22. The van der Waals surface area contributed by atoms with Crippen molar-refractivity contribution in [1.29, 1.82) is 0 Å². The number of hydrogen-bond donors (Lipinski definition) is 0. The molecule has 0 fully saturated rings. The van der Waals surface area contributed by atoms with E-state index in [1.807, 2.05) is 31.2 Å². The minimum absolute atomic E-state index is 0.101. The SMILES string of the molecule is Cc1ccc(SCC(C(=O)c2ccc(F)cc2)c2ccc(F)cc2)cc1. The molecule has 1 nitrogen and oxygen atoms in total. The van der Waals surface area contributed by atoms with Gasteiger partial charge >= 0.3 is 0 Å². The van der Waals surface area contributed by atoms with E-state index in [4.69, 9.17) is 0 Å². The van der Waals surface area contributed by atoms with Crippen LogP contribution in [0.1, 0.15) is 27.4 Å². The van der Waals surface area contributed by atoms with E-state index in [2.05, 4.69) is 0 Å². The number of aryl methyl sites for hydroxylation is 1. The van der Waals surface area contributed by atoms with Gasteiger partial charge in [-0.25, -0.2) is 8.78 Å². The Kier molecular flexibility index (Phi) is 5.84. The van der Waals surface area contributed by atoms with Gasteiger partial charge in [-0.15, -0.1) is 11.8 Å². The average Bonchev–Trinajstić information content (AvgIpc) is 2.65. The molecule has 0 spiro atoms. The van der Waals surface area contributed by atoms with Gasteiger partial charge < -0.3 is 0 Å². The van der Waals surface area contributed by atoms with Crippen LogP contribution in [0.2, 0.25) is 0 Å². The lowest BCUT2D eigenvalue weighted by atomic mass is 9.92. The van der Waals surface area contributed by atoms with Crippen LogP contribution in [0.15, 0.2) is 77.7 Å². The summed E-state index contributed by atoms with van der Waals surface area (Å²) in [5.41, 5.74) is 2.37. The Hall–Kier alpha value is -2.46. The molecule has 3 rings (SSSR count). The third kappa shape index (κ3) is 4.58. The lowest BCUT2D eigenvalue weighted by molar-refractivity contribution is 0.0968. The summed E-state index contributed by atoms with van der Waals surface area (Å²) < 4.78 is 26.4. The number of carbonyl (C=O) groups excluding carboxylic acids is 1. The highest BCUT2D eigenvalue weighted by Crippen LogP contribution is 2.29. The van der Waals surface area contributed by atoms with Crippen LogP contribution in [0.3, 0.4) is 0 Å². The molecule has 0 aliphatic rings. The van der Waals surface area contributed by atoms with Gasteiger partial charge in [0.1, 0.15) is 11.6 Å². The Morgan fingerprint density at radius 3 is 1.96 bits per heavy atom. The fourth-order valence-electron chi connectivity index (χ4n) is 2.65. The van der Waals surface area contributed by atoms with E-state index in [0.29, 0.717) is 11.3 Å². The molecule has 0 aliphatic heterocycles. The Bertz CT molecular complexity index is 872. The van der Waals surface area contributed by atoms with Gasteiger partial charge in [0.05, 0.1) is 5.92 Å². The third-order valence-corrected chi connectivity index (χ3v) is 5.26. The van der Waals surface area contributed by atoms with Gasteiger partial charge in [-0.2, -0.15) is 0 Å². The predicted octanol–water partition coefficient (Wildman–Crippen LogP) is 6.03. The van der Waals surface area contributed by atoms with E-state index in [-0.39, 0.29) is 17.4 Å². The molecule has 0 heterocycles. The maximum Gasteiger partial charge on any atom is 0.171 e. The second kappa shape index (κ2) is 8.28. The number of benzene rings is 3. The van der Waals surface area contributed by atoms with Gasteiger partial charge in [0.15, 0.2) is 5.78 Å². The minimum atomic E-state index is -0.438. The van der Waals surface area contributed by atoms with E-state index in [1.54, 1.807) is 23.9 Å². The topological polar surface area (TPSA) is 17.1 Å². The molecule has 0 amide bonds. The maximum absolute atomic E-state index is 13.3. The molecule has 0 bridgehead atoms. The van der Waals surface area contributed by atoms with Crippen LogP contribution in [-0.4, -0.2) is 11.5 Å². The molecule has 0 aliphatic carbocycles. The van der Waals surface area contributed by atoms with Crippen molar-refractivity contribution >= 4 is 17.5 Å². The quantitative estimate of drug-likeness (QED) is 0.390.